The molecule has 0 fully saturated rings. The monoisotopic (exact) mass is 418 g/mol. The first kappa shape index (κ1) is 12.5. The molecule has 1 aromatic rings. The second kappa shape index (κ2) is 4.95. The van der Waals surface area contributed by atoms with E-state index in [1.165, 1.54) is 0 Å². The van der Waals surface area contributed by atoms with E-state index in [1.807, 2.05) is 19.1 Å². The Kier molecular flexibility index (Phi) is 4.41. The lowest BCUT2D eigenvalue weighted by molar-refractivity contribution is 0.450. The van der Waals surface area contributed by atoms with Crippen LogP contribution in [-0.2, 0) is 0 Å². The molecule has 14 heavy (non-hydrogen) atoms. The molecule has 0 spiro atoms. The molecule has 0 aliphatic heterocycles. The van der Waals surface area contributed by atoms with Crippen LogP contribution in [0, 0.1) is 7.14 Å². The summed E-state index contributed by atoms with van der Waals surface area (Å²) < 4.78 is 1.86. The average Bonchev–Trinajstić information content (AvgIpc) is 2.09. The molecular formula is C9H12I2N2O. The van der Waals surface area contributed by atoms with Crippen LogP contribution in [-0.4, -0.2) is 11.1 Å². The van der Waals surface area contributed by atoms with Gasteiger partial charge in [0, 0.05) is 21.2 Å². The zero-order chi connectivity index (χ0) is 10.9. The van der Waals surface area contributed by atoms with Crippen LogP contribution in [0.1, 0.15) is 18.5 Å². The van der Waals surface area contributed by atoms with Crippen LogP contribution < -0.4 is 11.5 Å². The highest BCUT2D eigenvalue weighted by molar-refractivity contribution is 14.1. The van der Waals surface area contributed by atoms with Gasteiger partial charge < -0.3 is 16.6 Å². The predicted molar refractivity (Wildman–Crippen MR) is 74.1 cm³/mol. The minimum Gasteiger partial charge on any atom is -0.506 e. The second-order valence-electron chi connectivity index (χ2n) is 3.21. The Hall–Kier alpha value is 0.400. The van der Waals surface area contributed by atoms with Crippen LogP contribution in [0.15, 0.2) is 12.1 Å². The van der Waals surface area contributed by atoms with Crippen molar-refractivity contribution in [3.8, 4) is 5.75 Å². The molecule has 1 aromatic carbocycles. The fourth-order valence-corrected chi connectivity index (χ4v) is 3.01. The third-order valence-corrected chi connectivity index (χ3v) is 3.43. The van der Waals surface area contributed by atoms with Crippen LogP contribution in [0.25, 0.3) is 0 Å². The number of phenols is 1. The van der Waals surface area contributed by atoms with Gasteiger partial charge in [-0.05, 0) is 64.2 Å². The Morgan fingerprint density at radius 1 is 1.29 bits per heavy atom. The molecule has 2 atom stereocenters. The molecule has 78 valence electrons. The van der Waals surface area contributed by atoms with Gasteiger partial charge in [-0.3, -0.25) is 0 Å². The first-order valence-electron chi connectivity index (χ1n) is 4.12. The highest BCUT2D eigenvalue weighted by Crippen LogP contribution is 2.31. The van der Waals surface area contributed by atoms with E-state index < -0.39 is 0 Å². The summed E-state index contributed by atoms with van der Waals surface area (Å²) in [5.74, 6) is 0.246. The van der Waals surface area contributed by atoms with Gasteiger partial charge in [0.05, 0.1) is 3.57 Å². The third kappa shape index (κ3) is 2.71. The Morgan fingerprint density at radius 3 is 2.36 bits per heavy atom. The first-order valence-corrected chi connectivity index (χ1v) is 6.28. The Morgan fingerprint density at radius 2 is 1.86 bits per heavy atom. The van der Waals surface area contributed by atoms with Crippen molar-refractivity contribution in [3.63, 3.8) is 0 Å². The zero-order valence-corrected chi connectivity index (χ0v) is 12.0. The molecule has 0 bridgehead atoms. The summed E-state index contributed by atoms with van der Waals surface area (Å²) in [5.41, 5.74) is 12.3. The van der Waals surface area contributed by atoms with Gasteiger partial charge in [-0.15, -0.1) is 0 Å². The molecule has 0 heterocycles. The maximum atomic E-state index is 9.79. The van der Waals surface area contributed by atoms with Gasteiger partial charge in [-0.1, -0.05) is 0 Å². The van der Waals surface area contributed by atoms with Crippen molar-refractivity contribution in [2.45, 2.75) is 19.0 Å². The van der Waals surface area contributed by atoms with Crippen molar-refractivity contribution >= 4 is 45.2 Å². The SMILES string of the molecule is CC(N)C(N)c1cc(I)cc(I)c1O. The summed E-state index contributed by atoms with van der Waals surface area (Å²) in [6.07, 6.45) is 0. The van der Waals surface area contributed by atoms with E-state index in [2.05, 4.69) is 45.2 Å². The fraction of sp³-hybridized carbons (Fsp3) is 0.333. The molecule has 5 N–H and O–H groups in total. The van der Waals surface area contributed by atoms with E-state index in [9.17, 15) is 5.11 Å². The number of phenolic OH excluding ortho intramolecular Hbond substituents is 1. The molecule has 1 rings (SSSR count). The van der Waals surface area contributed by atoms with Crippen LogP contribution in [0.3, 0.4) is 0 Å². The molecule has 0 amide bonds. The number of benzene rings is 1. The van der Waals surface area contributed by atoms with Crippen molar-refractivity contribution in [3.05, 3.63) is 24.8 Å². The molecule has 0 aliphatic carbocycles. The summed E-state index contributed by atoms with van der Waals surface area (Å²) in [4.78, 5) is 0. The van der Waals surface area contributed by atoms with Crippen molar-refractivity contribution in [1.82, 2.24) is 0 Å². The van der Waals surface area contributed by atoms with Gasteiger partial charge in [0.25, 0.3) is 0 Å². The van der Waals surface area contributed by atoms with Crippen LogP contribution >= 0.6 is 45.2 Å². The summed E-state index contributed by atoms with van der Waals surface area (Å²) in [6.45, 7) is 1.83. The van der Waals surface area contributed by atoms with Gasteiger partial charge in [0.1, 0.15) is 5.75 Å². The normalized spacial score (nSPS) is 15.2. The Labute approximate surface area is 111 Å². The number of rotatable bonds is 2. The smallest absolute Gasteiger partial charge is 0.133 e. The van der Waals surface area contributed by atoms with Crippen LogP contribution in [0.2, 0.25) is 0 Å². The minimum atomic E-state index is -0.321. The molecule has 0 radical (unpaired) electrons. The molecule has 0 aromatic heterocycles. The maximum absolute atomic E-state index is 9.79. The molecule has 0 saturated carbocycles. The molecule has 2 unspecified atom stereocenters. The van der Waals surface area contributed by atoms with Crippen LogP contribution in [0.4, 0.5) is 0 Å². The number of hydrogen-bond acceptors (Lipinski definition) is 3. The Balaban J connectivity index is 3.20. The van der Waals surface area contributed by atoms with E-state index >= 15 is 0 Å². The number of halogens is 2. The van der Waals surface area contributed by atoms with E-state index in [0.717, 1.165) is 12.7 Å². The van der Waals surface area contributed by atoms with Crippen molar-refractivity contribution in [2.24, 2.45) is 11.5 Å². The largest absolute Gasteiger partial charge is 0.506 e. The maximum Gasteiger partial charge on any atom is 0.133 e. The van der Waals surface area contributed by atoms with E-state index in [4.69, 9.17) is 11.5 Å². The average molecular weight is 418 g/mol. The van der Waals surface area contributed by atoms with E-state index in [1.54, 1.807) is 0 Å². The number of hydrogen-bond donors (Lipinski definition) is 3. The number of nitrogens with two attached hydrogens (primary N) is 2. The van der Waals surface area contributed by atoms with Gasteiger partial charge in [0.15, 0.2) is 0 Å². The quantitative estimate of drug-likeness (QED) is 0.644. The summed E-state index contributed by atoms with van der Waals surface area (Å²) >= 11 is 4.27. The summed E-state index contributed by atoms with van der Waals surface area (Å²) in [5, 5.41) is 9.79. The van der Waals surface area contributed by atoms with Gasteiger partial charge in [-0.25, -0.2) is 0 Å². The molecule has 3 nitrogen and oxygen atoms in total. The van der Waals surface area contributed by atoms with Gasteiger partial charge >= 0.3 is 0 Å². The summed E-state index contributed by atoms with van der Waals surface area (Å²) in [7, 11) is 0. The topological polar surface area (TPSA) is 72.3 Å². The zero-order valence-electron chi connectivity index (χ0n) is 7.67. The lowest BCUT2D eigenvalue weighted by Gasteiger charge is -2.18. The molecular weight excluding hydrogens is 406 g/mol. The molecule has 0 saturated heterocycles. The van der Waals surface area contributed by atoms with Crippen molar-refractivity contribution in [2.75, 3.05) is 0 Å². The first-order chi connectivity index (χ1) is 6.43. The fourth-order valence-electron chi connectivity index (χ4n) is 1.12. The van der Waals surface area contributed by atoms with Crippen molar-refractivity contribution < 1.29 is 5.11 Å². The molecule has 5 heteroatoms. The third-order valence-electron chi connectivity index (χ3n) is 1.98. The van der Waals surface area contributed by atoms with E-state index in [0.29, 0.717) is 0 Å². The molecule has 0 aliphatic rings. The summed E-state index contributed by atoms with van der Waals surface area (Å²) in [6, 6.07) is 3.27. The standard InChI is InChI=1S/C9H12I2N2O/c1-4(12)8(13)6-2-5(10)3-7(11)9(6)14/h2-4,8,14H,12-13H2,1H3. The highest BCUT2D eigenvalue weighted by atomic mass is 127. The predicted octanol–water partition coefficient (Wildman–Crippen LogP) is 1.95. The van der Waals surface area contributed by atoms with Gasteiger partial charge in [-0.2, -0.15) is 0 Å². The second-order valence-corrected chi connectivity index (χ2v) is 5.62. The number of aromatic hydroxyl groups is 1. The minimum absolute atomic E-state index is 0.171. The van der Waals surface area contributed by atoms with Crippen LogP contribution in [0.5, 0.6) is 5.75 Å². The highest BCUT2D eigenvalue weighted by Gasteiger charge is 2.17. The van der Waals surface area contributed by atoms with Crippen molar-refractivity contribution in [1.29, 1.82) is 0 Å². The lowest BCUT2D eigenvalue weighted by Crippen LogP contribution is -2.31. The lowest BCUT2D eigenvalue weighted by atomic mass is 10.0. The van der Waals surface area contributed by atoms with E-state index in [-0.39, 0.29) is 17.8 Å². The van der Waals surface area contributed by atoms with Gasteiger partial charge in [0.2, 0.25) is 0 Å². The Bertz CT molecular complexity index is 342.